The summed E-state index contributed by atoms with van der Waals surface area (Å²) in [4.78, 5) is 7.18. The van der Waals surface area contributed by atoms with Gasteiger partial charge < -0.3 is 10.1 Å². The molecule has 1 aromatic rings. The maximum atomic E-state index is 5.97. The number of hydrogen-bond acceptors (Lipinski definition) is 4. The quantitative estimate of drug-likeness (QED) is 0.918. The van der Waals surface area contributed by atoms with E-state index in [0.29, 0.717) is 0 Å². The molecule has 3 rings (SSSR count). The molecule has 1 aliphatic carbocycles. The minimum absolute atomic E-state index is 0.188. The molecule has 2 atom stereocenters. The Balaban J connectivity index is 1.87. The van der Waals surface area contributed by atoms with Crippen LogP contribution in [0, 0.1) is 0 Å². The molecular formula is C14H20BrN3O. The largest absolute Gasteiger partial charge is 0.374 e. The highest BCUT2D eigenvalue weighted by Gasteiger charge is 2.41. The molecule has 1 saturated carbocycles. The standard InChI is InChI=1S/C14H20BrN3O/c1-16-9-13-14(12-5-2-10(15)8-17-12)18(6-7-19-13)11-3-4-11/h2,5,8,11,13-14,16H,3-4,6-7,9H2,1H3. The molecule has 1 saturated heterocycles. The topological polar surface area (TPSA) is 37.4 Å². The first-order valence-corrected chi connectivity index (χ1v) is 7.72. The first-order chi connectivity index (χ1) is 9.29. The second-order valence-corrected chi connectivity index (χ2v) is 6.20. The molecule has 0 bridgehead atoms. The number of hydrogen-bond donors (Lipinski definition) is 1. The fourth-order valence-corrected chi connectivity index (χ4v) is 3.10. The predicted octanol–water partition coefficient (Wildman–Crippen LogP) is 1.97. The lowest BCUT2D eigenvalue weighted by atomic mass is 10.0. The summed E-state index contributed by atoms with van der Waals surface area (Å²) < 4.78 is 6.99. The number of morpholine rings is 1. The average Bonchev–Trinajstić information content (AvgIpc) is 3.24. The Hall–Kier alpha value is -0.490. The Morgan fingerprint density at radius 2 is 2.32 bits per heavy atom. The Bertz CT molecular complexity index is 419. The number of nitrogens with one attached hydrogen (secondary N) is 1. The van der Waals surface area contributed by atoms with Gasteiger partial charge in [0.1, 0.15) is 0 Å². The van der Waals surface area contributed by atoms with Crippen molar-refractivity contribution in [3.63, 3.8) is 0 Å². The van der Waals surface area contributed by atoms with Gasteiger partial charge in [-0.15, -0.1) is 0 Å². The van der Waals surface area contributed by atoms with Crippen molar-refractivity contribution in [3.8, 4) is 0 Å². The number of nitrogens with zero attached hydrogens (tertiary/aromatic N) is 2. The van der Waals surface area contributed by atoms with Crippen LogP contribution >= 0.6 is 15.9 Å². The zero-order valence-corrected chi connectivity index (χ0v) is 12.8. The van der Waals surface area contributed by atoms with Crippen molar-refractivity contribution in [2.24, 2.45) is 0 Å². The van der Waals surface area contributed by atoms with Crippen LogP contribution in [0.15, 0.2) is 22.8 Å². The second-order valence-electron chi connectivity index (χ2n) is 5.28. The van der Waals surface area contributed by atoms with Gasteiger partial charge >= 0.3 is 0 Å². The van der Waals surface area contributed by atoms with Crippen molar-refractivity contribution in [1.29, 1.82) is 0 Å². The first kappa shape index (κ1) is 13.5. The van der Waals surface area contributed by atoms with Gasteiger partial charge in [0.05, 0.1) is 24.4 Å². The zero-order valence-electron chi connectivity index (χ0n) is 11.2. The fourth-order valence-electron chi connectivity index (χ4n) is 2.86. The summed E-state index contributed by atoms with van der Waals surface area (Å²) in [5.74, 6) is 0. The van der Waals surface area contributed by atoms with Crippen molar-refractivity contribution in [3.05, 3.63) is 28.5 Å². The van der Waals surface area contributed by atoms with Gasteiger partial charge in [0.25, 0.3) is 0 Å². The Labute approximate surface area is 122 Å². The SMILES string of the molecule is CNCC1OCCN(C2CC2)C1c1ccc(Br)cn1. The molecule has 1 N–H and O–H groups in total. The van der Waals surface area contributed by atoms with Crippen molar-refractivity contribution in [2.45, 2.75) is 31.0 Å². The molecule has 4 nitrogen and oxygen atoms in total. The first-order valence-electron chi connectivity index (χ1n) is 6.93. The number of likely N-dealkylation sites (N-methyl/N-ethyl adjacent to an activating group) is 1. The van der Waals surface area contributed by atoms with Crippen LogP contribution in [0.25, 0.3) is 0 Å². The number of halogens is 1. The van der Waals surface area contributed by atoms with Crippen LogP contribution in [-0.2, 0) is 4.74 Å². The van der Waals surface area contributed by atoms with Gasteiger partial charge in [0, 0.05) is 29.8 Å². The van der Waals surface area contributed by atoms with Crippen molar-refractivity contribution < 1.29 is 4.74 Å². The van der Waals surface area contributed by atoms with Crippen LogP contribution in [0.5, 0.6) is 0 Å². The molecule has 2 aliphatic rings. The fraction of sp³-hybridized carbons (Fsp3) is 0.643. The van der Waals surface area contributed by atoms with Crippen molar-refractivity contribution >= 4 is 15.9 Å². The average molecular weight is 326 g/mol. The molecule has 1 aromatic heterocycles. The highest BCUT2D eigenvalue weighted by molar-refractivity contribution is 9.10. The summed E-state index contributed by atoms with van der Waals surface area (Å²) in [6.45, 7) is 2.72. The lowest BCUT2D eigenvalue weighted by Crippen LogP contribution is -2.49. The summed E-state index contributed by atoms with van der Waals surface area (Å²) in [6, 6.07) is 5.19. The van der Waals surface area contributed by atoms with E-state index >= 15 is 0 Å². The van der Waals surface area contributed by atoms with Gasteiger partial charge in [-0.2, -0.15) is 0 Å². The summed E-state index contributed by atoms with van der Waals surface area (Å²) in [5, 5.41) is 3.24. The third-order valence-electron chi connectivity index (χ3n) is 3.87. The van der Waals surface area contributed by atoms with Gasteiger partial charge in [-0.3, -0.25) is 9.88 Å². The highest BCUT2D eigenvalue weighted by Crippen LogP contribution is 2.38. The van der Waals surface area contributed by atoms with Crippen LogP contribution in [-0.4, -0.2) is 48.8 Å². The van der Waals surface area contributed by atoms with Crippen molar-refractivity contribution in [2.75, 3.05) is 26.7 Å². The van der Waals surface area contributed by atoms with Gasteiger partial charge in [-0.1, -0.05) is 0 Å². The van der Waals surface area contributed by atoms with E-state index in [1.165, 1.54) is 12.8 Å². The minimum atomic E-state index is 0.188. The highest BCUT2D eigenvalue weighted by atomic mass is 79.9. The van der Waals surface area contributed by atoms with E-state index in [9.17, 15) is 0 Å². The number of rotatable bonds is 4. The summed E-state index contributed by atoms with van der Waals surface area (Å²) in [7, 11) is 1.98. The Morgan fingerprint density at radius 3 is 2.95 bits per heavy atom. The lowest BCUT2D eigenvalue weighted by Gasteiger charge is -2.41. The third-order valence-corrected chi connectivity index (χ3v) is 4.33. The second kappa shape index (κ2) is 5.87. The van der Waals surface area contributed by atoms with Gasteiger partial charge in [0.2, 0.25) is 0 Å². The number of aromatic nitrogens is 1. The monoisotopic (exact) mass is 325 g/mol. The van der Waals surface area contributed by atoms with Crippen molar-refractivity contribution in [1.82, 2.24) is 15.2 Å². The maximum absolute atomic E-state index is 5.97. The van der Waals surface area contributed by atoms with E-state index < -0.39 is 0 Å². The Kier molecular flexibility index (Phi) is 4.17. The van der Waals surface area contributed by atoms with E-state index in [2.05, 4.69) is 43.3 Å². The number of pyridine rings is 1. The van der Waals surface area contributed by atoms with Gasteiger partial charge in [0.15, 0.2) is 0 Å². The Morgan fingerprint density at radius 1 is 1.47 bits per heavy atom. The molecular weight excluding hydrogens is 306 g/mol. The molecule has 5 heteroatoms. The zero-order chi connectivity index (χ0) is 13.2. The van der Waals surface area contributed by atoms with Crippen LogP contribution < -0.4 is 5.32 Å². The molecule has 2 fully saturated rings. The maximum Gasteiger partial charge on any atom is 0.0911 e. The summed E-state index contributed by atoms with van der Waals surface area (Å²) >= 11 is 3.45. The lowest BCUT2D eigenvalue weighted by molar-refractivity contribution is -0.0753. The predicted molar refractivity (Wildman–Crippen MR) is 78.1 cm³/mol. The molecule has 1 aliphatic heterocycles. The summed E-state index contributed by atoms with van der Waals surface area (Å²) in [5.41, 5.74) is 1.12. The molecule has 19 heavy (non-hydrogen) atoms. The minimum Gasteiger partial charge on any atom is -0.374 e. The molecule has 0 radical (unpaired) electrons. The van der Waals surface area contributed by atoms with E-state index in [1.54, 1.807) is 0 Å². The van der Waals surface area contributed by atoms with E-state index in [4.69, 9.17) is 4.74 Å². The molecule has 2 unspecified atom stereocenters. The van der Waals surface area contributed by atoms with Crippen LogP contribution in [0.4, 0.5) is 0 Å². The van der Waals surface area contributed by atoms with Gasteiger partial charge in [-0.05, 0) is 48.0 Å². The van der Waals surface area contributed by atoms with Crippen LogP contribution in [0.2, 0.25) is 0 Å². The molecule has 0 amide bonds. The van der Waals surface area contributed by atoms with E-state index in [1.807, 2.05) is 13.2 Å². The van der Waals surface area contributed by atoms with Crippen LogP contribution in [0.3, 0.4) is 0 Å². The van der Waals surface area contributed by atoms with Gasteiger partial charge in [-0.25, -0.2) is 0 Å². The van der Waals surface area contributed by atoms with Crippen LogP contribution in [0.1, 0.15) is 24.6 Å². The number of ether oxygens (including phenoxy) is 1. The molecule has 2 heterocycles. The smallest absolute Gasteiger partial charge is 0.0911 e. The third kappa shape index (κ3) is 2.99. The molecule has 104 valence electrons. The van der Waals surface area contributed by atoms with E-state index in [-0.39, 0.29) is 12.1 Å². The summed E-state index contributed by atoms with van der Waals surface area (Å²) in [6.07, 6.45) is 4.71. The van der Waals surface area contributed by atoms with E-state index in [0.717, 1.165) is 35.9 Å². The molecule has 0 spiro atoms. The molecule has 0 aromatic carbocycles. The normalized spacial score (nSPS) is 28.5.